The van der Waals surface area contributed by atoms with Crippen LogP contribution in [-0.2, 0) is 11.3 Å². The molecule has 0 aliphatic heterocycles. The highest BCUT2D eigenvalue weighted by Crippen LogP contribution is 2.09. The van der Waals surface area contributed by atoms with E-state index in [0.29, 0.717) is 13.0 Å². The molecule has 1 unspecified atom stereocenters. The molecule has 0 spiro atoms. The largest absolute Gasteiger partial charge is 0.480 e. The molecule has 5 heteroatoms. The summed E-state index contributed by atoms with van der Waals surface area (Å²) in [5.74, 6) is -0.980. The number of hydrogen-bond acceptors (Lipinski definition) is 2. The Bertz CT molecular complexity index is 434. The maximum Gasteiger partial charge on any atom is 0.326 e. The number of hydrogen-bond donors (Lipinski definition) is 1. The van der Waals surface area contributed by atoms with E-state index in [-0.39, 0.29) is 6.03 Å². The number of carboxylic acids is 1. The molecule has 0 heterocycles. The lowest BCUT2D eigenvalue weighted by Crippen LogP contribution is -2.47. The van der Waals surface area contributed by atoms with Crippen molar-refractivity contribution in [3.05, 3.63) is 35.9 Å². The quantitative estimate of drug-likeness (QED) is 0.885. The van der Waals surface area contributed by atoms with Gasteiger partial charge in [-0.15, -0.1) is 0 Å². The summed E-state index contributed by atoms with van der Waals surface area (Å²) in [5.41, 5.74) is 1.01. The van der Waals surface area contributed by atoms with Crippen molar-refractivity contribution in [3.63, 3.8) is 0 Å². The smallest absolute Gasteiger partial charge is 0.326 e. The number of aliphatic carboxylic acids is 1. The minimum atomic E-state index is -0.980. The summed E-state index contributed by atoms with van der Waals surface area (Å²) in [4.78, 5) is 26.0. The average molecular weight is 264 g/mol. The summed E-state index contributed by atoms with van der Waals surface area (Å²) in [6.45, 7) is 2.21. The molecule has 0 aromatic heterocycles. The summed E-state index contributed by atoms with van der Waals surface area (Å²) < 4.78 is 0. The van der Waals surface area contributed by atoms with Gasteiger partial charge in [-0.2, -0.15) is 0 Å². The van der Waals surface area contributed by atoms with E-state index >= 15 is 0 Å². The van der Waals surface area contributed by atoms with Gasteiger partial charge < -0.3 is 14.9 Å². The van der Waals surface area contributed by atoms with Crippen LogP contribution in [0.5, 0.6) is 0 Å². The van der Waals surface area contributed by atoms with Gasteiger partial charge in [-0.1, -0.05) is 37.3 Å². The molecule has 1 N–H and O–H groups in total. The number of rotatable bonds is 5. The molecule has 2 amide bonds. The van der Waals surface area contributed by atoms with E-state index in [9.17, 15) is 9.59 Å². The van der Waals surface area contributed by atoms with Crippen LogP contribution in [0.15, 0.2) is 30.3 Å². The normalized spacial score (nSPS) is 11.7. The van der Waals surface area contributed by atoms with Gasteiger partial charge in [-0.25, -0.2) is 9.59 Å². The fourth-order valence-corrected chi connectivity index (χ4v) is 1.94. The molecule has 0 radical (unpaired) electrons. The number of carbonyl (C=O) groups is 2. The zero-order valence-electron chi connectivity index (χ0n) is 11.5. The standard InChI is InChI=1S/C14H20N2O3/c1-4-12(13(17)18)16(3)14(19)15(2)10-11-8-6-5-7-9-11/h5-9,12H,4,10H2,1-3H3,(H,17,18). The molecule has 1 rings (SSSR count). The molecule has 1 aromatic carbocycles. The highest BCUT2D eigenvalue weighted by molar-refractivity contribution is 5.82. The molecule has 0 fully saturated rings. The molecule has 19 heavy (non-hydrogen) atoms. The van der Waals surface area contributed by atoms with Crippen LogP contribution in [0.3, 0.4) is 0 Å². The van der Waals surface area contributed by atoms with Crippen molar-refractivity contribution in [2.45, 2.75) is 25.9 Å². The van der Waals surface area contributed by atoms with Gasteiger partial charge in [0.05, 0.1) is 0 Å². The highest BCUT2D eigenvalue weighted by Gasteiger charge is 2.26. The highest BCUT2D eigenvalue weighted by atomic mass is 16.4. The number of benzene rings is 1. The van der Waals surface area contributed by atoms with Crippen molar-refractivity contribution >= 4 is 12.0 Å². The first-order valence-corrected chi connectivity index (χ1v) is 6.22. The van der Waals surface area contributed by atoms with Gasteiger partial charge in [-0.05, 0) is 12.0 Å². The Kier molecular flexibility index (Phi) is 5.36. The predicted octanol–water partition coefficient (Wildman–Crippen LogP) is 2.03. The number of nitrogens with zero attached hydrogens (tertiary/aromatic N) is 2. The maximum atomic E-state index is 12.1. The van der Waals surface area contributed by atoms with E-state index < -0.39 is 12.0 Å². The molecular formula is C14H20N2O3. The van der Waals surface area contributed by atoms with Crippen molar-refractivity contribution < 1.29 is 14.7 Å². The van der Waals surface area contributed by atoms with E-state index in [2.05, 4.69) is 0 Å². The van der Waals surface area contributed by atoms with Crippen molar-refractivity contribution in [2.24, 2.45) is 0 Å². The molecule has 1 atom stereocenters. The van der Waals surface area contributed by atoms with Gasteiger partial charge in [0.2, 0.25) is 0 Å². The van der Waals surface area contributed by atoms with Crippen molar-refractivity contribution in [1.29, 1.82) is 0 Å². The Labute approximate surface area is 113 Å². The van der Waals surface area contributed by atoms with E-state index in [0.717, 1.165) is 5.56 Å². The fourth-order valence-electron chi connectivity index (χ4n) is 1.94. The first-order chi connectivity index (χ1) is 8.97. The number of amides is 2. The van der Waals surface area contributed by atoms with E-state index in [4.69, 9.17) is 5.11 Å². The third-order valence-corrected chi connectivity index (χ3v) is 3.03. The molecular weight excluding hydrogens is 244 g/mol. The van der Waals surface area contributed by atoms with E-state index in [1.807, 2.05) is 30.3 Å². The van der Waals surface area contributed by atoms with Crippen LogP contribution in [0.25, 0.3) is 0 Å². The van der Waals surface area contributed by atoms with Crippen LogP contribution in [0.2, 0.25) is 0 Å². The van der Waals surface area contributed by atoms with Gasteiger partial charge in [0.1, 0.15) is 6.04 Å². The number of carboxylic acid groups (broad SMARTS) is 1. The lowest BCUT2D eigenvalue weighted by atomic mass is 10.2. The predicted molar refractivity (Wildman–Crippen MR) is 72.8 cm³/mol. The SMILES string of the molecule is CCC(C(=O)O)N(C)C(=O)N(C)Cc1ccccc1. The van der Waals surface area contributed by atoms with E-state index in [1.54, 1.807) is 14.0 Å². The Hall–Kier alpha value is -2.04. The fraction of sp³-hybridized carbons (Fsp3) is 0.429. The van der Waals surface area contributed by atoms with Gasteiger partial charge in [0, 0.05) is 20.6 Å². The topological polar surface area (TPSA) is 60.9 Å². The third-order valence-electron chi connectivity index (χ3n) is 3.03. The molecule has 5 nitrogen and oxygen atoms in total. The Balaban J connectivity index is 2.68. The summed E-state index contributed by atoms with van der Waals surface area (Å²) in [6.07, 6.45) is 0.386. The monoisotopic (exact) mass is 264 g/mol. The van der Waals surface area contributed by atoms with Crippen molar-refractivity contribution in [3.8, 4) is 0 Å². The van der Waals surface area contributed by atoms with Gasteiger partial charge in [0.15, 0.2) is 0 Å². The van der Waals surface area contributed by atoms with Crippen LogP contribution in [0.1, 0.15) is 18.9 Å². The van der Waals surface area contributed by atoms with Crippen LogP contribution in [-0.4, -0.2) is 47.0 Å². The minimum Gasteiger partial charge on any atom is -0.480 e. The van der Waals surface area contributed by atoms with E-state index in [1.165, 1.54) is 16.8 Å². The van der Waals surface area contributed by atoms with Crippen LogP contribution >= 0.6 is 0 Å². The van der Waals surface area contributed by atoms with Crippen LogP contribution < -0.4 is 0 Å². The van der Waals surface area contributed by atoms with Crippen molar-refractivity contribution in [2.75, 3.05) is 14.1 Å². The first kappa shape index (κ1) is 15.0. The lowest BCUT2D eigenvalue weighted by molar-refractivity contribution is -0.142. The van der Waals surface area contributed by atoms with Crippen LogP contribution in [0, 0.1) is 0 Å². The number of carbonyl (C=O) groups excluding carboxylic acids is 1. The Morgan fingerprint density at radius 3 is 2.26 bits per heavy atom. The molecule has 1 aromatic rings. The maximum absolute atomic E-state index is 12.1. The van der Waals surface area contributed by atoms with Gasteiger partial charge >= 0.3 is 12.0 Å². The molecule has 0 saturated heterocycles. The first-order valence-electron chi connectivity index (χ1n) is 6.22. The zero-order valence-corrected chi connectivity index (χ0v) is 11.5. The lowest BCUT2D eigenvalue weighted by Gasteiger charge is -2.29. The zero-order chi connectivity index (χ0) is 14.4. The second-order valence-electron chi connectivity index (χ2n) is 4.50. The molecule has 0 saturated carbocycles. The van der Waals surface area contributed by atoms with Gasteiger partial charge in [-0.3, -0.25) is 0 Å². The summed E-state index contributed by atoms with van der Waals surface area (Å²) in [7, 11) is 3.19. The minimum absolute atomic E-state index is 0.293. The summed E-state index contributed by atoms with van der Waals surface area (Å²) in [6, 6.07) is 8.50. The second-order valence-corrected chi connectivity index (χ2v) is 4.50. The van der Waals surface area contributed by atoms with Crippen LogP contribution in [0.4, 0.5) is 4.79 Å². The Morgan fingerprint density at radius 2 is 1.79 bits per heavy atom. The third kappa shape index (κ3) is 3.98. The molecule has 0 bridgehead atoms. The van der Waals surface area contributed by atoms with Gasteiger partial charge in [0.25, 0.3) is 0 Å². The second kappa shape index (κ2) is 6.78. The number of likely N-dealkylation sites (N-methyl/N-ethyl adjacent to an activating group) is 1. The average Bonchev–Trinajstić information content (AvgIpc) is 2.39. The summed E-state index contributed by atoms with van der Waals surface area (Å²) in [5, 5.41) is 9.05. The van der Waals surface area contributed by atoms with Crippen molar-refractivity contribution in [1.82, 2.24) is 9.80 Å². The Morgan fingerprint density at radius 1 is 1.21 bits per heavy atom. The summed E-state index contributed by atoms with van der Waals surface area (Å²) >= 11 is 0. The molecule has 0 aliphatic rings. The molecule has 0 aliphatic carbocycles. The molecule has 104 valence electrons. The number of urea groups is 1.